The second-order valence-electron chi connectivity index (χ2n) is 7.50. The van der Waals surface area contributed by atoms with Crippen LogP contribution in [-0.4, -0.2) is 16.3 Å². The molecule has 0 aliphatic rings. The number of hydrogen-bond acceptors (Lipinski definition) is 3. The largest absolute Gasteiger partial charge is 0.298 e. The maximum atomic E-state index is 11.9. The molecule has 0 aliphatic carbocycles. The van der Waals surface area contributed by atoms with Crippen molar-refractivity contribution in [3.05, 3.63) is 121 Å². The summed E-state index contributed by atoms with van der Waals surface area (Å²) in [6.07, 6.45) is 4.50. The predicted molar refractivity (Wildman–Crippen MR) is 129 cm³/mol. The normalized spacial score (nSPS) is 10.6. The molecule has 152 valence electrons. The standard InChI is InChI=1S/C29H20N2O/c32-20-26-19-25(21-7-11-23(12-8-21)28-5-1-3-17-30-28)15-16-27(26)22-9-13-24(14-10-22)29-6-2-4-18-31-29/h1-20H. The summed E-state index contributed by atoms with van der Waals surface area (Å²) in [7, 11) is 0. The van der Waals surface area contributed by atoms with Crippen LogP contribution in [0.3, 0.4) is 0 Å². The minimum absolute atomic E-state index is 0.668. The number of rotatable bonds is 5. The molecule has 0 saturated heterocycles. The molecule has 0 aliphatic heterocycles. The molecule has 2 heterocycles. The molecule has 32 heavy (non-hydrogen) atoms. The van der Waals surface area contributed by atoms with Crippen molar-refractivity contribution in [3.8, 4) is 44.8 Å². The molecule has 0 bridgehead atoms. The van der Waals surface area contributed by atoms with E-state index >= 15 is 0 Å². The monoisotopic (exact) mass is 412 g/mol. The van der Waals surface area contributed by atoms with Crippen LogP contribution >= 0.6 is 0 Å². The molecule has 3 aromatic carbocycles. The quantitative estimate of drug-likeness (QED) is 0.293. The van der Waals surface area contributed by atoms with Crippen LogP contribution in [0.4, 0.5) is 0 Å². The lowest BCUT2D eigenvalue weighted by molar-refractivity contribution is 0.112. The molecule has 0 unspecified atom stereocenters. The lowest BCUT2D eigenvalue weighted by Crippen LogP contribution is -1.90. The molecule has 0 N–H and O–H groups in total. The summed E-state index contributed by atoms with van der Waals surface area (Å²) < 4.78 is 0. The molecule has 0 radical (unpaired) electrons. The molecule has 0 fully saturated rings. The van der Waals surface area contributed by atoms with Crippen LogP contribution in [0.2, 0.25) is 0 Å². The molecule has 5 rings (SSSR count). The van der Waals surface area contributed by atoms with Crippen LogP contribution in [0.1, 0.15) is 10.4 Å². The van der Waals surface area contributed by atoms with Crippen LogP contribution in [0.15, 0.2) is 116 Å². The Balaban J connectivity index is 1.44. The van der Waals surface area contributed by atoms with Gasteiger partial charge in [0.15, 0.2) is 6.29 Å². The number of aromatic nitrogens is 2. The van der Waals surface area contributed by atoms with Gasteiger partial charge in [-0.2, -0.15) is 0 Å². The van der Waals surface area contributed by atoms with Crippen molar-refractivity contribution >= 4 is 6.29 Å². The van der Waals surface area contributed by atoms with Gasteiger partial charge in [-0.3, -0.25) is 14.8 Å². The first-order chi connectivity index (χ1) is 15.8. The molecule has 0 atom stereocenters. The summed E-state index contributed by atoms with van der Waals surface area (Å²) in [5, 5.41) is 0. The molecule has 0 saturated carbocycles. The zero-order valence-electron chi connectivity index (χ0n) is 17.3. The smallest absolute Gasteiger partial charge is 0.150 e. The highest BCUT2D eigenvalue weighted by atomic mass is 16.1. The minimum Gasteiger partial charge on any atom is -0.298 e. The van der Waals surface area contributed by atoms with Gasteiger partial charge in [-0.05, 0) is 52.6 Å². The Morgan fingerprint density at radius 3 is 1.50 bits per heavy atom. The Labute approximate surface area is 187 Å². The third-order valence-electron chi connectivity index (χ3n) is 5.51. The van der Waals surface area contributed by atoms with E-state index in [1.807, 2.05) is 72.8 Å². The third kappa shape index (κ3) is 3.96. The molecular weight excluding hydrogens is 392 g/mol. The first kappa shape index (κ1) is 19.6. The van der Waals surface area contributed by atoms with Crippen LogP contribution in [0.5, 0.6) is 0 Å². The van der Waals surface area contributed by atoms with Crippen molar-refractivity contribution in [3.63, 3.8) is 0 Å². The van der Waals surface area contributed by atoms with Gasteiger partial charge >= 0.3 is 0 Å². The van der Waals surface area contributed by atoms with Gasteiger partial charge in [0.25, 0.3) is 0 Å². The number of nitrogens with zero attached hydrogens (tertiary/aromatic N) is 2. The second kappa shape index (κ2) is 8.78. The molecule has 0 spiro atoms. The van der Waals surface area contributed by atoms with E-state index in [0.29, 0.717) is 5.56 Å². The maximum absolute atomic E-state index is 11.9. The average Bonchev–Trinajstić information content (AvgIpc) is 2.89. The van der Waals surface area contributed by atoms with E-state index in [-0.39, 0.29) is 0 Å². The molecule has 3 nitrogen and oxygen atoms in total. The number of hydrogen-bond donors (Lipinski definition) is 0. The number of carbonyl (C=O) groups is 1. The van der Waals surface area contributed by atoms with Crippen molar-refractivity contribution < 1.29 is 4.79 Å². The summed E-state index contributed by atoms with van der Waals surface area (Å²) in [6, 6.07) is 34.2. The van der Waals surface area contributed by atoms with Crippen LogP contribution < -0.4 is 0 Å². The van der Waals surface area contributed by atoms with Gasteiger partial charge in [-0.1, -0.05) is 72.8 Å². The maximum Gasteiger partial charge on any atom is 0.150 e. The van der Waals surface area contributed by atoms with E-state index in [4.69, 9.17) is 0 Å². The first-order valence-corrected chi connectivity index (χ1v) is 10.4. The fourth-order valence-electron chi connectivity index (χ4n) is 3.82. The SMILES string of the molecule is O=Cc1cc(-c2ccc(-c3ccccn3)cc2)ccc1-c1ccc(-c2ccccn2)cc1. The van der Waals surface area contributed by atoms with Gasteiger partial charge in [0.05, 0.1) is 11.4 Å². The van der Waals surface area contributed by atoms with Gasteiger partial charge in [0.1, 0.15) is 0 Å². The van der Waals surface area contributed by atoms with Gasteiger partial charge in [-0.15, -0.1) is 0 Å². The summed E-state index contributed by atoms with van der Waals surface area (Å²) in [5.41, 5.74) is 8.64. The highest BCUT2D eigenvalue weighted by molar-refractivity contribution is 5.90. The second-order valence-corrected chi connectivity index (χ2v) is 7.50. The van der Waals surface area contributed by atoms with Crippen molar-refractivity contribution in [2.24, 2.45) is 0 Å². The van der Waals surface area contributed by atoms with E-state index < -0.39 is 0 Å². The molecule has 2 aromatic heterocycles. The first-order valence-electron chi connectivity index (χ1n) is 10.4. The van der Waals surface area contributed by atoms with Crippen LogP contribution in [0, 0.1) is 0 Å². The summed E-state index contributed by atoms with van der Waals surface area (Å²) in [5.74, 6) is 0. The Bertz CT molecular complexity index is 1340. The van der Waals surface area contributed by atoms with Crippen molar-refractivity contribution in [2.45, 2.75) is 0 Å². The Morgan fingerprint density at radius 1 is 0.500 bits per heavy atom. The number of benzene rings is 3. The molecule has 0 amide bonds. The van der Waals surface area contributed by atoms with Crippen LogP contribution in [0.25, 0.3) is 44.8 Å². The molecule has 5 aromatic rings. The fraction of sp³-hybridized carbons (Fsp3) is 0. The van der Waals surface area contributed by atoms with E-state index in [2.05, 4.69) is 40.3 Å². The lowest BCUT2D eigenvalue weighted by Gasteiger charge is -2.10. The minimum atomic E-state index is 0.668. The van der Waals surface area contributed by atoms with E-state index in [1.54, 1.807) is 12.4 Å². The third-order valence-corrected chi connectivity index (χ3v) is 5.51. The summed E-state index contributed by atoms with van der Waals surface area (Å²) in [4.78, 5) is 20.7. The zero-order chi connectivity index (χ0) is 21.8. The number of aldehydes is 1. The van der Waals surface area contributed by atoms with Gasteiger partial charge < -0.3 is 0 Å². The van der Waals surface area contributed by atoms with E-state index in [9.17, 15) is 4.79 Å². The Hall–Kier alpha value is -4.37. The zero-order valence-corrected chi connectivity index (χ0v) is 17.3. The molecule has 3 heteroatoms. The summed E-state index contributed by atoms with van der Waals surface area (Å²) in [6.45, 7) is 0. The highest BCUT2D eigenvalue weighted by Gasteiger charge is 2.09. The van der Waals surface area contributed by atoms with Gasteiger partial charge in [-0.25, -0.2) is 0 Å². The summed E-state index contributed by atoms with van der Waals surface area (Å²) >= 11 is 0. The number of pyridine rings is 2. The Morgan fingerprint density at radius 2 is 1.00 bits per heavy atom. The van der Waals surface area contributed by atoms with E-state index in [1.165, 1.54) is 0 Å². The van der Waals surface area contributed by atoms with Crippen LogP contribution in [-0.2, 0) is 0 Å². The fourth-order valence-corrected chi connectivity index (χ4v) is 3.82. The van der Waals surface area contributed by atoms with E-state index in [0.717, 1.165) is 51.1 Å². The van der Waals surface area contributed by atoms with Gasteiger partial charge in [0.2, 0.25) is 0 Å². The molecular formula is C29H20N2O. The number of carbonyl (C=O) groups excluding carboxylic acids is 1. The van der Waals surface area contributed by atoms with Crippen molar-refractivity contribution in [2.75, 3.05) is 0 Å². The average molecular weight is 412 g/mol. The van der Waals surface area contributed by atoms with Crippen molar-refractivity contribution in [1.29, 1.82) is 0 Å². The topological polar surface area (TPSA) is 42.9 Å². The lowest BCUT2D eigenvalue weighted by atomic mass is 9.94. The Kier molecular flexibility index (Phi) is 5.38. The van der Waals surface area contributed by atoms with Gasteiger partial charge in [0, 0.05) is 29.1 Å². The predicted octanol–water partition coefficient (Wildman–Crippen LogP) is 6.96. The highest BCUT2D eigenvalue weighted by Crippen LogP contribution is 2.30. The van der Waals surface area contributed by atoms with Crippen molar-refractivity contribution in [1.82, 2.24) is 9.97 Å².